The lowest BCUT2D eigenvalue weighted by atomic mass is 9.74. The Labute approximate surface area is 109 Å². The number of hydrogen-bond donors (Lipinski definition) is 1. The van der Waals surface area contributed by atoms with Gasteiger partial charge in [0, 0.05) is 0 Å². The quantitative estimate of drug-likeness (QED) is 0.888. The monoisotopic (exact) mass is 244 g/mol. The van der Waals surface area contributed by atoms with E-state index in [2.05, 4.69) is 24.4 Å². The third kappa shape index (κ3) is 2.21. The van der Waals surface area contributed by atoms with Crippen LogP contribution in [-0.4, -0.2) is 20.2 Å². The highest BCUT2D eigenvalue weighted by molar-refractivity contribution is 5.43. The average Bonchev–Trinajstić information content (AvgIpc) is 2.47. The third-order valence-corrected chi connectivity index (χ3v) is 3.89. The second-order valence-electron chi connectivity index (χ2n) is 4.82. The number of methoxy groups -OCH3 is 1. The van der Waals surface area contributed by atoms with Crippen LogP contribution in [0.1, 0.15) is 30.9 Å². The number of nitrogens with one attached hydrogen (secondary N) is 1. The molecule has 96 valence electrons. The first-order valence-electron chi connectivity index (χ1n) is 6.55. The maximum atomic E-state index is 9.58. The van der Waals surface area contributed by atoms with E-state index in [0.29, 0.717) is 0 Å². The number of nitrogens with zero attached hydrogens (tertiary/aromatic N) is 1. The number of ether oxygens (including phenoxy) is 1. The Hall–Kier alpha value is -1.53. The number of nitriles is 1. The van der Waals surface area contributed by atoms with E-state index in [1.165, 1.54) is 5.56 Å². The molecule has 2 rings (SSSR count). The minimum Gasteiger partial charge on any atom is -0.496 e. The molecule has 0 spiro atoms. The molecule has 1 fully saturated rings. The van der Waals surface area contributed by atoms with E-state index in [4.69, 9.17) is 4.74 Å². The molecule has 1 aliphatic heterocycles. The van der Waals surface area contributed by atoms with Crippen LogP contribution in [0.2, 0.25) is 0 Å². The van der Waals surface area contributed by atoms with E-state index >= 15 is 0 Å². The SMILES string of the molecule is CCc1cc(C2(C#N)CCNCC2)ccc1OC. The van der Waals surface area contributed by atoms with Crippen molar-refractivity contribution in [3.05, 3.63) is 29.3 Å². The molecule has 0 amide bonds. The van der Waals surface area contributed by atoms with Gasteiger partial charge in [-0.3, -0.25) is 0 Å². The zero-order chi connectivity index (χ0) is 13.0. The fraction of sp³-hybridized carbons (Fsp3) is 0.533. The van der Waals surface area contributed by atoms with Gasteiger partial charge in [0.05, 0.1) is 18.6 Å². The van der Waals surface area contributed by atoms with Gasteiger partial charge in [0.15, 0.2) is 0 Å². The van der Waals surface area contributed by atoms with Gasteiger partial charge in [-0.2, -0.15) is 5.26 Å². The maximum absolute atomic E-state index is 9.58. The predicted molar refractivity (Wildman–Crippen MR) is 71.8 cm³/mol. The summed E-state index contributed by atoms with van der Waals surface area (Å²) in [5, 5.41) is 12.9. The molecule has 0 aromatic heterocycles. The molecule has 1 saturated heterocycles. The molecule has 3 nitrogen and oxygen atoms in total. The van der Waals surface area contributed by atoms with Crippen LogP contribution in [0, 0.1) is 11.3 Å². The fourth-order valence-electron chi connectivity index (χ4n) is 2.67. The zero-order valence-electron chi connectivity index (χ0n) is 11.1. The Morgan fingerprint density at radius 1 is 1.39 bits per heavy atom. The predicted octanol–water partition coefficient (Wildman–Crippen LogP) is 2.40. The second-order valence-corrected chi connectivity index (χ2v) is 4.82. The summed E-state index contributed by atoms with van der Waals surface area (Å²) in [4.78, 5) is 0. The first-order chi connectivity index (χ1) is 8.75. The summed E-state index contributed by atoms with van der Waals surface area (Å²) in [6.45, 7) is 3.95. The molecule has 3 heteroatoms. The van der Waals surface area contributed by atoms with Gasteiger partial charge in [-0.15, -0.1) is 0 Å². The molecule has 0 radical (unpaired) electrons. The van der Waals surface area contributed by atoms with Gasteiger partial charge >= 0.3 is 0 Å². The lowest BCUT2D eigenvalue weighted by Gasteiger charge is -2.32. The van der Waals surface area contributed by atoms with Gasteiger partial charge in [-0.25, -0.2) is 0 Å². The summed E-state index contributed by atoms with van der Waals surface area (Å²) in [5.41, 5.74) is 2.01. The van der Waals surface area contributed by atoms with Crippen LogP contribution in [0.4, 0.5) is 0 Å². The van der Waals surface area contributed by atoms with Crippen molar-refractivity contribution in [2.45, 2.75) is 31.6 Å². The molecule has 0 aliphatic carbocycles. The number of piperidine rings is 1. The normalized spacial score (nSPS) is 18.1. The van der Waals surface area contributed by atoms with Gasteiger partial charge in [0.25, 0.3) is 0 Å². The van der Waals surface area contributed by atoms with Crippen molar-refractivity contribution in [2.24, 2.45) is 0 Å². The first kappa shape index (κ1) is 12.9. The number of aryl methyl sites for hydroxylation is 1. The second kappa shape index (κ2) is 5.41. The van der Waals surface area contributed by atoms with Gasteiger partial charge in [0.1, 0.15) is 5.75 Å². The smallest absolute Gasteiger partial charge is 0.122 e. The molecule has 1 N–H and O–H groups in total. The minimum absolute atomic E-state index is 0.318. The Morgan fingerprint density at radius 3 is 2.67 bits per heavy atom. The number of hydrogen-bond acceptors (Lipinski definition) is 3. The van der Waals surface area contributed by atoms with Gasteiger partial charge in [0.2, 0.25) is 0 Å². The number of rotatable bonds is 3. The van der Waals surface area contributed by atoms with Crippen molar-refractivity contribution in [1.29, 1.82) is 5.26 Å². The molecule has 1 aliphatic rings. The lowest BCUT2D eigenvalue weighted by Crippen LogP contribution is -2.38. The summed E-state index contributed by atoms with van der Waals surface area (Å²) in [7, 11) is 1.69. The Morgan fingerprint density at radius 2 is 2.11 bits per heavy atom. The highest BCUT2D eigenvalue weighted by Gasteiger charge is 2.34. The average molecular weight is 244 g/mol. The van der Waals surface area contributed by atoms with E-state index in [0.717, 1.165) is 43.7 Å². The van der Waals surface area contributed by atoms with E-state index in [1.807, 2.05) is 12.1 Å². The summed E-state index contributed by atoms with van der Waals surface area (Å²) in [5.74, 6) is 0.920. The minimum atomic E-state index is -0.318. The van der Waals surface area contributed by atoms with Crippen molar-refractivity contribution >= 4 is 0 Å². The van der Waals surface area contributed by atoms with E-state index in [9.17, 15) is 5.26 Å². The molecule has 1 aromatic carbocycles. The summed E-state index contributed by atoms with van der Waals surface area (Å²) >= 11 is 0. The highest BCUT2D eigenvalue weighted by atomic mass is 16.5. The van der Waals surface area contributed by atoms with E-state index in [-0.39, 0.29) is 5.41 Å². The summed E-state index contributed by atoms with van der Waals surface area (Å²) < 4.78 is 5.35. The molecule has 0 unspecified atom stereocenters. The molecule has 0 atom stereocenters. The zero-order valence-corrected chi connectivity index (χ0v) is 11.1. The first-order valence-corrected chi connectivity index (χ1v) is 6.55. The Kier molecular flexibility index (Phi) is 3.88. The third-order valence-electron chi connectivity index (χ3n) is 3.89. The summed E-state index contributed by atoms with van der Waals surface area (Å²) in [6.07, 6.45) is 2.70. The largest absolute Gasteiger partial charge is 0.496 e. The Bertz CT molecular complexity index is 456. The number of benzene rings is 1. The van der Waals surface area contributed by atoms with Gasteiger partial charge in [-0.1, -0.05) is 19.1 Å². The molecule has 18 heavy (non-hydrogen) atoms. The Balaban J connectivity index is 2.40. The molecule has 1 aromatic rings. The molecule has 1 heterocycles. The van der Waals surface area contributed by atoms with E-state index in [1.54, 1.807) is 7.11 Å². The van der Waals surface area contributed by atoms with Crippen LogP contribution in [0.3, 0.4) is 0 Å². The van der Waals surface area contributed by atoms with E-state index < -0.39 is 0 Å². The van der Waals surface area contributed by atoms with Gasteiger partial charge in [-0.05, 0) is 49.5 Å². The summed E-state index contributed by atoms with van der Waals surface area (Å²) in [6, 6.07) is 8.73. The van der Waals surface area contributed by atoms with Crippen LogP contribution in [0.15, 0.2) is 18.2 Å². The van der Waals surface area contributed by atoms with Gasteiger partial charge < -0.3 is 10.1 Å². The van der Waals surface area contributed by atoms with Crippen LogP contribution in [0.25, 0.3) is 0 Å². The lowest BCUT2D eigenvalue weighted by molar-refractivity contribution is 0.380. The fourth-order valence-corrected chi connectivity index (χ4v) is 2.67. The standard InChI is InChI=1S/C15H20N2O/c1-3-12-10-13(4-5-14(12)18-2)15(11-16)6-8-17-9-7-15/h4-5,10,17H,3,6-9H2,1-2H3. The van der Waals surface area contributed by atoms with Crippen LogP contribution in [0.5, 0.6) is 5.75 Å². The van der Waals surface area contributed by atoms with Crippen molar-refractivity contribution < 1.29 is 4.74 Å². The van der Waals surface area contributed by atoms with Crippen molar-refractivity contribution in [2.75, 3.05) is 20.2 Å². The molecule has 0 bridgehead atoms. The molecular weight excluding hydrogens is 224 g/mol. The molecule has 0 saturated carbocycles. The van der Waals surface area contributed by atoms with Crippen molar-refractivity contribution in [3.8, 4) is 11.8 Å². The van der Waals surface area contributed by atoms with Crippen molar-refractivity contribution in [1.82, 2.24) is 5.32 Å². The van der Waals surface area contributed by atoms with Crippen molar-refractivity contribution in [3.63, 3.8) is 0 Å². The topological polar surface area (TPSA) is 45.0 Å². The maximum Gasteiger partial charge on any atom is 0.122 e. The highest BCUT2D eigenvalue weighted by Crippen LogP contribution is 2.35. The van der Waals surface area contributed by atoms with Crippen LogP contribution in [-0.2, 0) is 11.8 Å². The molecular formula is C15H20N2O. The van der Waals surface area contributed by atoms with Crippen LogP contribution < -0.4 is 10.1 Å². The van der Waals surface area contributed by atoms with Crippen LogP contribution >= 0.6 is 0 Å².